The van der Waals surface area contributed by atoms with Gasteiger partial charge in [-0.25, -0.2) is 0 Å². The summed E-state index contributed by atoms with van der Waals surface area (Å²) in [4.78, 5) is 11.8. The maximum atomic E-state index is 13.0. The highest BCUT2D eigenvalue weighted by atomic mass is 32.2. The Hall–Kier alpha value is -1.41. The van der Waals surface area contributed by atoms with Crippen LogP contribution in [0.15, 0.2) is 18.2 Å². The van der Waals surface area contributed by atoms with Crippen LogP contribution < -0.4 is 15.8 Å². The van der Waals surface area contributed by atoms with Crippen molar-refractivity contribution in [3.05, 3.63) is 23.8 Å². The molecule has 3 N–H and O–H groups in total. The molecule has 1 aromatic rings. The van der Waals surface area contributed by atoms with Gasteiger partial charge in [0.25, 0.3) is 0 Å². The number of carbonyl (C=O) groups is 1. The second-order valence-corrected chi connectivity index (χ2v) is 5.27. The molecule has 0 heterocycles. The second-order valence-electron chi connectivity index (χ2n) is 4.29. The normalized spacial score (nSPS) is 12.9. The van der Waals surface area contributed by atoms with E-state index in [1.807, 2.05) is 6.26 Å². The molecule has 4 nitrogen and oxygen atoms in total. The van der Waals surface area contributed by atoms with Gasteiger partial charge < -0.3 is 15.8 Å². The fourth-order valence-corrected chi connectivity index (χ4v) is 2.08. The lowest BCUT2D eigenvalue weighted by atomic mass is 10.1. The molecule has 0 spiro atoms. The third kappa shape index (κ3) is 5.13. The number of rotatable bonds is 6. The minimum Gasteiger partial charge on any atom is -0.497 e. The SMILES string of the molecule is COc1ccc(NC(=O)[C@@H](N)CCSC)c(C(F)(F)F)c1. The number of nitrogens with one attached hydrogen (secondary N) is 1. The van der Waals surface area contributed by atoms with Gasteiger partial charge in [0.2, 0.25) is 5.91 Å². The second kappa shape index (κ2) is 7.56. The van der Waals surface area contributed by atoms with Crippen LogP contribution >= 0.6 is 11.8 Å². The van der Waals surface area contributed by atoms with Gasteiger partial charge in [-0.2, -0.15) is 24.9 Å². The molecule has 0 fully saturated rings. The first kappa shape index (κ1) is 17.6. The first-order valence-electron chi connectivity index (χ1n) is 6.10. The number of halogens is 3. The quantitative estimate of drug-likeness (QED) is 0.845. The van der Waals surface area contributed by atoms with Gasteiger partial charge in [0.15, 0.2) is 0 Å². The summed E-state index contributed by atoms with van der Waals surface area (Å²) in [6.07, 6.45) is -2.35. The van der Waals surface area contributed by atoms with Crippen molar-refractivity contribution in [2.24, 2.45) is 5.73 Å². The van der Waals surface area contributed by atoms with Crippen LogP contribution in [0.4, 0.5) is 18.9 Å². The summed E-state index contributed by atoms with van der Waals surface area (Å²) < 4.78 is 43.7. The van der Waals surface area contributed by atoms with E-state index >= 15 is 0 Å². The molecule has 0 saturated heterocycles. The molecular formula is C13H17F3N2O2S. The average molecular weight is 322 g/mol. The molecule has 0 aliphatic heterocycles. The van der Waals surface area contributed by atoms with Gasteiger partial charge in [0.1, 0.15) is 5.75 Å². The Morgan fingerprint density at radius 2 is 2.14 bits per heavy atom. The molecule has 8 heteroatoms. The van der Waals surface area contributed by atoms with E-state index < -0.39 is 23.7 Å². The van der Waals surface area contributed by atoms with Crippen LogP contribution in [0.5, 0.6) is 5.75 Å². The minimum atomic E-state index is -4.60. The summed E-state index contributed by atoms with van der Waals surface area (Å²) >= 11 is 1.51. The fraction of sp³-hybridized carbons (Fsp3) is 0.462. The zero-order chi connectivity index (χ0) is 16.0. The van der Waals surface area contributed by atoms with E-state index in [0.29, 0.717) is 12.2 Å². The van der Waals surface area contributed by atoms with Crippen molar-refractivity contribution in [3.63, 3.8) is 0 Å². The number of alkyl halides is 3. The molecule has 0 aliphatic carbocycles. The number of thioether (sulfide) groups is 1. The highest BCUT2D eigenvalue weighted by Crippen LogP contribution is 2.37. The monoisotopic (exact) mass is 322 g/mol. The van der Waals surface area contributed by atoms with Crippen molar-refractivity contribution in [3.8, 4) is 5.75 Å². The standard InChI is InChI=1S/C13H17F3N2O2S/c1-20-8-3-4-11(9(7-8)13(14,15)16)18-12(19)10(17)5-6-21-2/h3-4,7,10H,5-6,17H2,1-2H3,(H,18,19)/t10-/m0/s1. The molecule has 1 atom stereocenters. The first-order chi connectivity index (χ1) is 9.79. The summed E-state index contributed by atoms with van der Waals surface area (Å²) in [6, 6.07) is 2.49. The van der Waals surface area contributed by atoms with Gasteiger partial charge in [-0.15, -0.1) is 0 Å². The number of methoxy groups -OCH3 is 1. The highest BCUT2D eigenvalue weighted by Gasteiger charge is 2.34. The first-order valence-corrected chi connectivity index (χ1v) is 7.49. The predicted molar refractivity (Wildman–Crippen MR) is 77.6 cm³/mol. The van der Waals surface area contributed by atoms with Gasteiger partial charge in [-0.05, 0) is 36.6 Å². The number of amides is 1. The maximum absolute atomic E-state index is 13.0. The number of benzene rings is 1. The molecule has 1 aromatic carbocycles. The third-order valence-electron chi connectivity index (χ3n) is 2.76. The summed E-state index contributed by atoms with van der Waals surface area (Å²) in [5.41, 5.74) is 4.34. The Morgan fingerprint density at radius 3 is 2.67 bits per heavy atom. The molecular weight excluding hydrogens is 305 g/mol. The van der Waals surface area contributed by atoms with Gasteiger partial charge in [0.05, 0.1) is 24.4 Å². The zero-order valence-corrected chi connectivity index (χ0v) is 12.5. The molecule has 21 heavy (non-hydrogen) atoms. The predicted octanol–water partition coefficient (Wildman–Crippen LogP) is 2.73. The van der Waals surface area contributed by atoms with E-state index in [9.17, 15) is 18.0 Å². The van der Waals surface area contributed by atoms with Gasteiger partial charge in [-0.3, -0.25) is 4.79 Å². The van der Waals surface area contributed by atoms with Crippen LogP contribution in [-0.2, 0) is 11.0 Å². The molecule has 0 aliphatic rings. The van der Waals surface area contributed by atoms with E-state index in [2.05, 4.69) is 5.32 Å². The van der Waals surface area contributed by atoms with Gasteiger partial charge >= 0.3 is 6.18 Å². The number of ether oxygens (including phenoxy) is 1. The Bertz CT molecular complexity index is 495. The Kier molecular flexibility index (Phi) is 6.35. The summed E-state index contributed by atoms with van der Waals surface area (Å²) in [7, 11) is 1.27. The largest absolute Gasteiger partial charge is 0.497 e. The smallest absolute Gasteiger partial charge is 0.418 e. The van der Waals surface area contributed by atoms with Crippen molar-refractivity contribution >= 4 is 23.4 Å². The topological polar surface area (TPSA) is 64.3 Å². The number of carbonyl (C=O) groups excluding carboxylic acids is 1. The van der Waals surface area contributed by atoms with E-state index in [-0.39, 0.29) is 11.4 Å². The third-order valence-corrected chi connectivity index (χ3v) is 3.40. The van der Waals surface area contributed by atoms with E-state index in [0.717, 1.165) is 12.1 Å². The Labute approximate surface area is 125 Å². The van der Waals surface area contributed by atoms with Crippen LogP contribution in [0.1, 0.15) is 12.0 Å². The number of hydrogen-bond donors (Lipinski definition) is 2. The Morgan fingerprint density at radius 1 is 1.48 bits per heavy atom. The fourth-order valence-electron chi connectivity index (χ4n) is 1.60. The van der Waals surface area contributed by atoms with Gasteiger partial charge in [-0.1, -0.05) is 0 Å². The average Bonchev–Trinajstić information content (AvgIpc) is 2.43. The lowest BCUT2D eigenvalue weighted by Crippen LogP contribution is -2.36. The van der Waals surface area contributed by atoms with E-state index in [1.54, 1.807) is 0 Å². The van der Waals surface area contributed by atoms with Crippen molar-refractivity contribution in [1.29, 1.82) is 0 Å². The summed E-state index contributed by atoms with van der Waals surface area (Å²) in [5, 5.41) is 2.23. The van der Waals surface area contributed by atoms with Crippen molar-refractivity contribution in [1.82, 2.24) is 0 Å². The van der Waals surface area contributed by atoms with Crippen LogP contribution in [-0.4, -0.2) is 31.1 Å². The lowest BCUT2D eigenvalue weighted by molar-refractivity contribution is -0.137. The maximum Gasteiger partial charge on any atom is 0.418 e. The summed E-state index contributed by atoms with van der Waals surface area (Å²) in [5.74, 6) is 0.0790. The summed E-state index contributed by atoms with van der Waals surface area (Å²) in [6.45, 7) is 0. The molecule has 0 radical (unpaired) electrons. The molecule has 0 unspecified atom stereocenters. The molecule has 118 valence electrons. The lowest BCUT2D eigenvalue weighted by Gasteiger charge is -2.17. The van der Waals surface area contributed by atoms with Crippen LogP contribution in [0.3, 0.4) is 0 Å². The van der Waals surface area contributed by atoms with Crippen LogP contribution in [0.25, 0.3) is 0 Å². The van der Waals surface area contributed by atoms with Crippen molar-refractivity contribution in [2.75, 3.05) is 24.4 Å². The Balaban J connectivity index is 2.94. The van der Waals surface area contributed by atoms with Crippen molar-refractivity contribution < 1.29 is 22.7 Å². The number of anilines is 1. The molecule has 1 rings (SSSR count). The zero-order valence-electron chi connectivity index (χ0n) is 11.7. The van der Waals surface area contributed by atoms with E-state index in [4.69, 9.17) is 10.5 Å². The van der Waals surface area contributed by atoms with Gasteiger partial charge in [0, 0.05) is 0 Å². The minimum absolute atomic E-state index is 0.0620. The van der Waals surface area contributed by atoms with E-state index in [1.165, 1.54) is 24.9 Å². The molecule has 0 saturated carbocycles. The van der Waals surface area contributed by atoms with Crippen molar-refractivity contribution in [2.45, 2.75) is 18.6 Å². The molecule has 0 bridgehead atoms. The number of nitrogens with two attached hydrogens (primary N) is 1. The highest BCUT2D eigenvalue weighted by molar-refractivity contribution is 7.98. The number of hydrogen-bond acceptors (Lipinski definition) is 4. The molecule has 1 amide bonds. The van der Waals surface area contributed by atoms with Crippen LogP contribution in [0.2, 0.25) is 0 Å². The molecule has 0 aromatic heterocycles. The van der Waals surface area contributed by atoms with Crippen LogP contribution in [0, 0.1) is 0 Å².